The van der Waals surface area contributed by atoms with Gasteiger partial charge in [-0.15, -0.1) is 0 Å². The van der Waals surface area contributed by atoms with Gasteiger partial charge >= 0.3 is 0 Å². The van der Waals surface area contributed by atoms with Crippen LogP contribution in [0.3, 0.4) is 0 Å². The van der Waals surface area contributed by atoms with Crippen molar-refractivity contribution in [1.29, 1.82) is 0 Å². The molecule has 1 saturated carbocycles. The lowest BCUT2D eigenvalue weighted by atomic mass is 9.95. The second-order valence-corrected chi connectivity index (χ2v) is 7.62. The highest BCUT2D eigenvalue weighted by atomic mass is 35.5. The number of carbonyl (C=O) groups excluding carboxylic acids is 1. The summed E-state index contributed by atoms with van der Waals surface area (Å²) in [4.78, 5) is 12.4. The van der Waals surface area contributed by atoms with Crippen molar-refractivity contribution in [2.75, 3.05) is 6.54 Å². The summed E-state index contributed by atoms with van der Waals surface area (Å²) in [7, 11) is 0. The molecule has 0 bridgehead atoms. The molecule has 2 aromatic carbocycles. The largest absolute Gasteiger partial charge is 0.489 e. The molecule has 1 amide bonds. The number of nitrogens with one attached hydrogen (secondary N) is 1. The molecule has 26 heavy (non-hydrogen) atoms. The lowest BCUT2D eigenvalue weighted by molar-refractivity contribution is -0.122. The third kappa shape index (κ3) is 4.99. The zero-order valence-electron chi connectivity index (χ0n) is 15.0. The number of rotatable bonds is 8. The van der Waals surface area contributed by atoms with E-state index in [1.165, 1.54) is 0 Å². The lowest BCUT2D eigenvalue weighted by Crippen LogP contribution is -2.53. The summed E-state index contributed by atoms with van der Waals surface area (Å²) in [5.41, 5.74) is 7.50. The Hall–Kier alpha value is -2.04. The second kappa shape index (κ2) is 8.11. The third-order valence-corrected chi connectivity index (χ3v) is 5.12. The monoisotopic (exact) mass is 372 g/mol. The summed E-state index contributed by atoms with van der Waals surface area (Å²) < 4.78 is 5.83. The highest BCUT2D eigenvalue weighted by molar-refractivity contribution is 6.30. The first-order valence-electron chi connectivity index (χ1n) is 8.96. The van der Waals surface area contributed by atoms with Crippen molar-refractivity contribution in [2.45, 2.75) is 38.3 Å². The van der Waals surface area contributed by atoms with Crippen LogP contribution in [0.1, 0.15) is 30.9 Å². The maximum Gasteiger partial charge on any atom is 0.224 e. The zero-order chi connectivity index (χ0) is 18.6. The second-order valence-electron chi connectivity index (χ2n) is 7.19. The molecule has 0 aromatic heterocycles. The van der Waals surface area contributed by atoms with Crippen LogP contribution in [-0.2, 0) is 17.8 Å². The molecule has 1 aliphatic rings. The summed E-state index contributed by atoms with van der Waals surface area (Å²) in [6.45, 7) is 2.93. The molecule has 3 rings (SSSR count). The van der Waals surface area contributed by atoms with Crippen LogP contribution in [0, 0.1) is 5.92 Å². The number of ether oxygens (including phenoxy) is 1. The van der Waals surface area contributed by atoms with E-state index in [0.717, 1.165) is 29.7 Å². The lowest BCUT2D eigenvalue weighted by Gasteiger charge is -2.29. The van der Waals surface area contributed by atoms with Gasteiger partial charge in [-0.2, -0.15) is 0 Å². The van der Waals surface area contributed by atoms with E-state index < -0.39 is 0 Å². The number of hydrogen-bond acceptors (Lipinski definition) is 3. The van der Waals surface area contributed by atoms with E-state index in [9.17, 15) is 4.79 Å². The van der Waals surface area contributed by atoms with Crippen molar-refractivity contribution in [1.82, 2.24) is 5.32 Å². The van der Waals surface area contributed by atoms with Gasteiger partial charge in [-0.1, -0.05) is 35.9 Å². The van der Waals surface area contributed by atoms with E-state index in [1.54, 1.807) is 0 Å². The Morgan fingerprint density at radius 3 is 2.65 bits per heavy atom. The number of carbonyl (C=O) groups is 1. The maximum atomic E-state index is 12.4. The number of amides is 1. The maximum absolute atomic E-state index is 12.4. The molecule has 1 atom stereocenters. The summed E-state index contributed by atoms with van der Waals surface area (Å²) in [5.74, 6) is 1.24. The van der Waals surface area contributed by atoms with Gasteiger partial charge in [-0.3, -0.25) is 4.79 Å². The molecule has 0 spiro atoms. The van der Waals surface area contributed by atoms with E-state index in [-0.39, 0.29) is 11.4 Å². The first-order chi connectivity index (χ1) is 12.5. The Bertz CT molecular complexity index is 776. The van der Waals surface area contributed by atoms with Gasteiger partial charge in [0.25, 0.3) is 0 Å². The van der Waals surface area contributed by atoms with E-state index in [4.69, 9.17) is 22.1 Å². The summed E-state index contributed by atoms with van der Waals surface area (Å²) in [6.07, 6.45) is 2.60. The van der Waals surface area contributed by atoms with E-state index >= 15 is 0 Å². The van der Waals surface area contributed by atoms with Crippen molar-refractivity contribution in [3.63, 3.8) is 0 Å². The molecule has 1 fully saturated rings. The van der Waals surface area contributed by atoms with Crippen LogP contribution >= 0.6 is 11.6 Å². The van der Waals surface area contributed by atoms with Gasteiger partial charge in [0.1, 0.15) is 12.4 Å². The molecule has 1 unspecified atom stereocenters. The Kier molecular flexibility index (Phi) is 5.84. The van der Waals surface area contributed by atoms with Crippen molar-refractivity contribution < 1.29 is 9.53 Å². The molecule has 3 N–H and O–H groups in total. The van der Waals surface area contributed by atoms with Gasteiger partial charge < -0.3 is 15.8 Å². The van der Waals surface area contributed by atoms with Gasteiger partial charge in [0.05, 0.1) is 12.0 Å². The first-order valence-corrected chi connectivity index (χ1v) is 9.33. The number of nitrogens with two attached hydrogens (primary N) is 1. The van der Waals surface area contributed by atoms with Crippen molar-refractivity contribution in [2.24, 2.45) is 11.7 Å². The smallest absolute Gasteiger partial charge is 0.224 e. The molecule has 138 valence electrons. The standard InChI is InChI=1S/C21H25ClN2O2/c1-21(14-23,17-8-9-17)24-20(25)12-15-4-3-7-19(11-15)26-13-16-5-2-6-18(22)10-16/h2-7,10-11,17H,8-9,12-14,23H2,1H3,(H,24,25). The van der Waals surface area contributed by atoms with Crippen molar-refractivity contribution >= 4 is 17.5 Å². The molecule has 5 heteroatoms. The average Bonchev–Trinajstić information content (AvgIpc) is 3.46. The number of halogens is 1. The predicted molar refractivity (Wildman–Crippen MR) is 104 cm³/mol. The van der Waals surface area contributed by atoms with Crippen LogP contribution in [0.4, 0.5) is 0 Å². The van der Waals surface area contributed by atoms with Crippen molar-refractivity contribution in [3.8, 4) is 5.75 Å². The quantitative estimate of drug-likeness (QED) is 0.742. The summed E-state index contributed by atoms with van der Waals surface area (Å²) >= 11 is 5.99. The first kappa shape index (κ1) is 18.7. The molecule has 0 heterocycles. The van der Waals surface area contributed by atoms with Crippen LogP contribution in [0.2, 0.25) is 5.02 Å². The summed E-state index contributed by atoms with van der Waals surface area (Å²) in [5, 5.41) is 3.81. The Labute approximate surface area is 159 Å². The number of hydrogen-bond donors (Lipinski definition) is 2. The highest BCUT2D eigenvalue weighted by Crippen LogP contribution is 2.39. The Morgan fingerprint density at radius 2 is 1.96 bits per heavy atom. The van der Waals surface area contributed by atoms with E-state index in [2.05, 4.69) is 5.32 Å². The molecule has 0 radical (unpaired) electrons. The molecule has 2 aromatic rings. The fourth-order valence-corrected chi connectivity index (χ4v) is 3.34. The Morgan fingerprint density at radius 1 is 1.23 bits per heavy atom. The molecule has 1 aliphatic carbocycles. The van der Waals surface area contributed by atoms with Gasteiger partial charge in [-0.05, 0) is 61.1 Å². The zero-order valence-corrected chi connectivity index (χ0v) is 15.8. The van der Waals surface area contributed by atoms with E-state index in [1.807, 2.05) is 55.5 Å². The third-order valence-electron chi connectivity index (χ3n) is 4.89. The van der Waals surface area contributed by atoms with Crippen LogP contribution in [0.25, 0.3) is 0 Å². The fourth-order valence-electron chi connectivity index (χ4n) is 3.13. The normalized spacial score (nSPS) is 16.0. The minimum atomic E-state index is -0.294. The highest BCUT2D eigenvalue weighted by Gasteiger charge is 2.41. The molecule has 4 nitrogen and oxygen atoms in total. The van der Waals surface area contributed by atoms with Crippen molar-refractivity contribution in [3.05, 3.63) is 64.7 Å². The fraction of sp³-hybridized carbons (Fsp3) is 0.381. The molecular formula is C21H25ClN2O2. The minimum absolute atomic E-state index is 0.00292. The summed E-state index contributed by atoms with van der Waals surface area (Å²) in [6, 6.07) is 15.2. The van der Waals surface area contributed by atoms with Crippen LogP contribution in [0.15, 0.2) is 48.5 Å². The van der Waals surface area contributed by atoms with Gasteiger partial charge in [0.2, 0.25) is 5.91 Å². The van der Waals surface area contributed by atoms with Crippen LogP contribution in [0.5, 0.6) is 5.75 Å². The topological polar surface area (TPSA) is 64.3 Å². The average molecular weight is 373 g/mol. The molecule has 0 saturated heterocycles. The van der Waals surface area contributed by atoms with Crippen LogP contribution < -0.4 is 15.8 Å². The molecular weight excluding hydrogens is 348 g/mol. The van der Waals surface area contributed by atoms with Crippen LogP contribution in [-0.4, -0.2) is 18.0 Å². The number of benzene rings is 2. The van der Waals surface area contributed by atoms with Gasteiger partial charge in [-0.25, -0.2) is 0 Å². The minimum Gasteiger partial charge on any atom is -0.489 e. The Balaban J connectivity index is 1.57. The SMILES string of the molecule is CC(CN)(NC(=O)Cc1cccc(OCc2cccc(Cl)c2)c1)C1CC1. The van der Waals surface area contributed by atoms with Gasteiger partial charge in [0.15, 0.2) is 0 Å². The van der Waals surface area contributed by atoms with Gasteiger partial charge in [0, 0.05) is 11.6 Å². The van der Waals surface area contributed by atoms with E-state index in [0.29, 0.717) is 30.5 Å². The molecule has 0 aliphatic heterocycles. The predicted octanol–water partition coefficient (Wildman–Crippen LogP) is 3.71.